The van der Waals surface area contributed by atoms with Gasteiger partial charge in [-0.05, 0) is 28.2 Å². The average Bonchev–Trinajstić information content (AvgIpc) is 2.38. The summed E-state index contributed by atoms with van der Waals surface area (Å²) < 4.78 is 0. The van der Waals surface area contributed by atoms with Gasteiger partial charge < -0.3 is 5.73 Å². The van der Waals surface area contributed by atoms with Crippen molar-refractivity contribution in [3.63, 3.8) is 0 Å². The zero-order valence-electron chi connectivity index (χ0n) is 11.4. The van der Waals surface area contributed by atoms with Gasteiger partial charge in [0.1, 0.15) is 0 Å². The lowest BCUT2D eigenvalue weighted by Gasteiger charge is -2.27. The second-order valence-corrected chi connectivity index (χ2v) is 5.84. The molecule has 0 aliphatic heterocycles. The van der Waals surface area contributed by atoms with Gasteiger partial charge in [0.15, 0.2) is 0 Å². The molecule has 2 N–H and O–H groups in total. The predicted molar refractivity (Wildman–Crippen MR) is 78.3 cm³/mol. The van der Waals surface area contributed by atoms with Crippen molar-refractivity contribution in [3.8, 4) is 11.1 Å². The Bertz CT molecular complexity index is 509. The van der Waals surface area contributed by atoms with E-state index < -0.39 is 0 Å². The summed E-state index contributed by atoms with van der Waals surface area (Å²) in [6.45, 7) is 6.52. The number of rotatable bonds is 2. The van der Waals surface area contributed by atoms with Gasteiger partial charge in [-0.2, -0.15) is 0 Å². The van der Waals surface area contributed by atoms with Crippen LogP contribution >= 0.6 is 0 Å². The molecule has 0 spiro atoms. The molecule has 2 aromatic rings. The maximum atomic E-state index is 6.32. The molecule has 0 unspecified atom stereocenters. The minimum Gasteiger partial charge on any atom is -0.324 e. The lowest BCUT2D eigenvalue weighted by atomic mass is 9.82. The minimum absolute atomic E-state index is 0.0566. The Labute approximate surface area is 110 Å². The molecule has 0 bridgehead atoms. The normalized spacial score (nSPS) is 13.3. The highest BCUT2D eigenvalue weighted by Crippen LogP contribution is 2.32. The quantitative estimate of drug-likeness (QED) is 0.826. The van der Waals surface area contributed by atoms with Gasteiger partial charge in [0.05, 0.1) is 0 Å². The molecule has 1 atom stereocenters. The van der Waals surface area contributed by atoms with Gasteiger partial charge in [0.2, 0.25) is 0 Å². The Morgan fingerprint density at radius 3 is 2.06 bits per heavy atom. The summed E-state index contributed by atoms with van der Waals surface area (Å²) in [5.74, 6) is 0. The first kappa shape index (κ1) is 12.8. The lowest BCUT2D eigenvalue weighted by Crippen LogP contribution is -2.26. The van der Waals surface area contributed by atoms with Crippen LogP contribution in [0.25, 0.3) is 11.1 Å². The van der Waals surface area contributed by atoms with E-state index in [2.05, 4.69) is 69.3 Å². The topological polar surface area (TPSA) is 26.0 Å². The largest absolute Gasteiger partial charge is 0.324 e. The summed E-state index contributed by atoms with van der Waals surface area (Å²) in [6, 6.07) is 19.0. The van der Waals surface area contributed by atoms with Crippen molar-refractivity contribution in [1.82, 2.24) is 0 Å². The third-order valence-electron chi connectivity index (χ3n) is 3.29. The Kier molecular flexibility index (Phi) is 3.53. The molecule has 1 nitrogen and oxygen atoms in total. The standard InChI is InChI=1S/C17H21N/c1-17(2,3)16(18)15-11-7-10-14(12-15)13-8-5-4-6-9-13/h4-12,16H,18H2,1-3H3/t16-/m0/s1. The van der Waals surface area contributed by atoms with Crippen molar-refractivity contribution in [2.45, 2.75) is 26.8 Å². The van der Waals surface area contributed by atoms with E-state index in [1.54, 1.807) is 0 Å². The van der Waals surface area contributed by atoms with Crippen LogP contribution in [0.3, 0.4) is 0 Å². The van der Waals surface area contributed by atoms with E-state index in [-0.39, 0.29) is 11.5 Å². The van der Waals surface area contributed by atoms with Crippen molar-refractivity contribution >= 4 is 0 Å². The monoisotopic (exact) mass is 239 g/mol. The first-order chi connectivity index (χ1) is 8.48. The van der Waals surface area contributed by atoms with Gasteiger partial charge in [0, 0.05) is 6.04 Å². The molecule has 1 heteroatoms. The van der Waals surface area contributed by atoms with Crippen LogP contribution < -0.4 is 5.73 Å². The van der Waals surface area contributed by atoms with Crippen LogP contribution in [0.5, 0.6) is 0 Å². The molecule has 0 fully saturated rings. The van der Waals surface area contributed by atoms with E-state index >= 15 is 0 Å². The van der Waals surface area contributed by atoms with Gasteiger partial charge in [-0.15, -0.1) is 0 Å². The molecule has 0 radical (unpaired) electrons. The van der Waals surface area contributed by atoms with Gasteiger partial charge in [-0.1, -0.05) is 69.3 Å². The molecule has 18 heavy (non-hydrogen) atoms. The molecule has 94 valence electrons. The Balaban J connectivity index is 2.37. The zero-order chi connectivity index (χ0) is 13.2. The van der Waals surface area contributed by atoms with E-state index in [1.165, 1.54) is 16.7 Å². The van der Waals surface area contributed by atoms with Crippen LogP contribution in [0.2, 0.25) is 0 Å². The van der Waals surface area contributed by atoms with Gasteiger partial charge >= 0.3 is 0 Å². The lowest BCUT2D eigenvalue weighted by molar-refractivity contribution is 0.327. The fourth-order valence-corrected chi connectivity index (χ4v) is 2.04. The summed E-state index contributed by atoms with van der Waals surface area (Å²) >= 11 is 0. The third kappa shape index (κ3) is 2.80. The summed E-state index contributed by atoms with van der Waals surface area (Å²) in [5.41, 5.74) is 10.1. The van der Waals surface area contributed by atoms with Crippen LogP contribution in [0.4, 0.5) is 0 Å². The third-order valence-corrected chi connectivity index (χ3v) is 3.29. The summed E-state index contributed by atoms with van der Waals surface area (Å²) in [7, 11) is 0. The predicted octanol–water partition coefficient (Wildman–Crippen LogP) is 4.40. The number of benzene rings is 2. The second kappa shape index (κ2) is 4.95. The maximum absolute atomic E-state index is 6.32. The first-order valence-corrected chi connectivity index (χ1v) is 6.39. The van der Waals surface area contributed by atoms with Crippen LogP contribution in [0, 0.1) is 5.41 Å². The van der Waals surface area contributed by atoms with E-state index in [0.29, 0.717) is 0 Å². The first-order valence-electron chi connectivity index (χ1n) is 6.39. The maximum Gasteiger partial charge on any atom is 0.0344 e. The SMILES string of the molecule is CC(C)(C)[C@@H](N)c1cccc(-c2ccccc2)c1. The molecule has 2 aromatic carbocycles. The Hall–Kier alpha value is -1.60. The molecule has 0 saturated carbocycles. The summed E-state index contributed by atoms with van der Waals surface area (Å²) in [5, 5.41) is 0. The number of hydrogen-bond acceptors (Lipinski definition) is 1. The Morgan fingerprint density at radius 1 is 0.833 bits per heavy atom. The average molecular weight is 239 g/mol. The van der Waals surface area contributed by atoms with E-state index in [1.807, 2.05) is 6.07 Å². The van der Waals surface area contributed by atoms with Gasteiger partial charge in [-0.3, -0.25) is 0 Å². The molecule has 0 aliphatic rings. The minimum atomic E-state index is 0.0566. The molecule has 2 rings (SSSR count). The van der Waals surface area contributed by atoms with Crippen LogP contribution in [-0.2, 0) is 0 Å². The van der Waals surface area contributed by atoms with Crippen LogP contribution in [0.1, 0.15) is 32.4 Å². The fourth-order valence-electron chi connectivity index (χ4n) is 2.04. The fraction of sp³-hybridized carbons (Fsp3) is 0.294. The number of hydrogen-bond donors (Lipinski definition) is 1. The van der Waals surface area contributed by atoms with E-state index in [9.17, 15) is 0 Å². The van der Waals surface area contributed by atoms with E-state index in [4.69, 9.17) is 5.73 Å². The van der Waals surface area contributed by atoms with E-state index in [0.717, 1.165) is 0 Å². The Morgan fingerprint density at radius 2 is 1.44 bits per heavy atom. The van der Waals surface area contributed by atoms with Crippen LogP contribution in [-0.4, -0.2) is 0 Å². The molecule has 0 saturated heterocycles. The summed E-state index contributed by atoms with van der Waals surface area (Å²) in [6.07, 6.45) is 0. The highest BCUT2D eigenvalue weighted by molar-refractivity contribution is 5.64. The molecule has 0 amide bonds. The second-order valence-electron chi connectivity index (χ2n) is 5.84. The molecular weight excluding hydrogens is 218 g/mol. The molecule has 0 aromatic heterocycles. The number of nitrogens with two attached hydrogens (primary N) is 1. The smallest absolute Gasteiger partial charge is 0.0344 e. The highest BCUT2D eigenvalue weighted by atomic mass is 14.7. The van der Waals surface area contributed by atoms with Crippen molar-refractivity contribution in [2.75, 3.05) is 0 Å². The molecule has 0 heterocycles. The molecule has 0 aliphatic carbocycles. The highest BCUT2D eigenvalue weighted by Gasteiger charge is 2.22. The van der Waals surface area contributed by atoms with Crippen molar-refractivity contribution in [3.05, 3.63) is 60.2 Å². The van der Waals surface area contributed by atoms with Crippen LogP contribution in [0.15, 0.2) is 54.6 Å². The summed E-state index contributed by atoms with van der Waals surface area (Å²) in [4.78, 5) is 0. The van der Waals surface area contributed by atoms with Crippen molar-refractivity contribution in [2.24, 2.45) is 11.1 Å². The van der Waals surface area contributed by atoms with Crippen molar-refractivity contribution < 1.29 is 0 Å². The van der Waals surface area contributed by atoms with Gasteiger partial charge in [0.25, 0.3) is 0 Å². The zero-order valence-corrected chi connectivity index (χ0v) is 11.4. The van der Waals surface area contributed by atoms with Gasteiger partial charge in [-0.25, -0.2) is 0 Å². The van der Waals surface area contributed by atoms with Crippen molar-refractivity contribution in [1.29, 1.82) is 0 Å². The molecular formula is C17H21N.